The predicted molar refractivity (Wildman–Crippen MR) is 73.9 cm³/mol. The van der Waals surface area contributed by atoms with Gasteiger partial charge in [0.2, 0.25) is 0 Å². The maximum absolute atomic E-state index is 12.2. The van der Waals surface area contributed by atoms with Crippen LogP contribution in [0.25, 0.3) is 0 Å². The molecule has 8 heteroatoms. The average Bonchev–Trinajstić information content (AvgIpc) is 2.33. The van der Waals surface area contributed by atoms with E-state index in [2.05, 4.69) is 12.3 Å². The molecule has 0 spiro atoms. The van der Waals surface area contributed by atoms with Crippen molar-refractivity contribution in [2.24, 2.45) is 0 Å². The van der Waals surface area contributed by atoms with E-state index in [-0.39, 0.29) is 23.5 Å². The maximum Gasteiger partial charge on any atom is 0.362 e. The summed E-state index contributed by atoms with van der Waals surface area (Å²) < 4.78 is 22.6. The Hall–Kier alpha value is 0.830. The highest BCUT2D eigenvalue weighted by Gasteiger charge is 2.29. The van der Waals surface area contributed by atoms with Gasteiger partial charge < -0.3 is 0 Å². The van der Waals surface area contributed by atoms with Gasteiger partial charge in [-0.1, -0.05) is 6.58 Å². The first-order valence-corrected chi connectivity index (χ1v) is 8.37. The predicted octanol–water partition coefficient (Wildman–Crippen LogP) is 4.20. The monoisotopic (exact) mass is 340 g/mol. The average molecular weight is 342 g/mol. The molecule has 0 aliphatic heterocycles. The Bertz CT molecular complexity index is 281. The first kappa shape index (κ1) is 17.8. The standard InChI is InChI=1S/C9H13Cl4O3P/c1-2-3-17(14,15-8(4-10)5-11)16-9(6-12)7-13/h3,8-9H,1,4-7H2. The van der Waals surface area contributed by atoms with Crippen molar-refractivity contribution in [1.29, 1.82) is 0 Å². The van der Waals surface area contributed by atoms with E-state index in [1.807, 2.05) is 0 Å². The molecule has 0 aromatic heterocycles. The zero-order valence-corrected chi connectivity index (χ0v) is 12.9. The van der Waals surface area contributed by atoms with Crippen LogP contribution < -0.4 is 0 Å². The summed E-state index contributed by atoms with van der Waals surface area (Å²) in [6.45, 7) is 3.32. The van der Waals surface area contributed by atoms with Gasteiger partial charge in [-0.2, -0.15) is 0 Å². The van der Waals surface area contributed by atoms with Crippen LogP contribution in [0.1, 0.15) is 0 Å². The summed E-state index contributed by atoms with van der Waals surface area (Å²) in [5, 5.41) is 0. The molecule has 0 saturated carbocycles. The van der Waals surface area contributed by atoms with Crippen molar-refractivity contribution < 1.29 is 13.6 Å². The molecule has 0 aliphatic carbocycles. The fourth-order valence-corrected chi connectivity index (χ4v) is 3.60. The molecule has 100 valence electrons. The Kier molecular flexibility index (Phi) is 10.2. The summed E-state index contributed by atoms with van der Waals surface area (Å²) in [5.74, 6) is 1.47. The zero-order valence-electron chi connectivity index (χ0n) is 8.95. The summed E-state index contributed by atoms with van der Waals surface area (Å²) in [6.07, 6.45) is -1.19. The van der Waals surface area contributed by atoms with E-state index in [4.69, 9.17) is 55.5 Å². The largest absolute Gasteiger partial charge is 0.362 e. The van der Waals surface area contributed by atoms with Crippen LogP contribution in [0.5, 0.6) is 0 Å². The summed E-state index contributed by atoms with van der Waals surface area (Å²) in [6, 6.07) is 0. The molecule has 17 heavy (non-hydrogen) atoms. The topological polar surface area (TPSA) is 35.5 Å². The number of halogens is 4. The lowest BCUT2D eigenvalue weighted by Gasteiger charge is -2.22. The number of hydrogen-bond donors (Lipinski definition) is 0. The van der Waals surface area contributed by atoms with Gasteiger partial charge in [0.15, 0.2) is 0 Å². The lowest BCUT2D eigenvalue weighted by Crippen LogP contribution is -2.20. The Labute approximate surface area is 121 Å². The molecule has 0 fully saturated rings. The quantitative estimate of drug-likeness (QED) is 0.358. The van der Waals surface area contributed by atoms with E-state index in [1.165, 1.54) is 0 Å². The van der Waals surface area contributed by atoms with Gasteiger partial charge >= 0.3 is 7.60 Å². The van der Waals surface area contributed by atoms with Crippen LogP contribution >= 0.6 is 54.0 Å². The summed E-state index contributed by atoms with van der Waals surface area (Å²) in [5.41, 5.74) is 2.35. The van der Waals surface area contributed by atoms with Gasteiger partial charge in [-0.25, -0.2) is 0 Å². The SMILES string of the molecule is C=C=CP(=O)(OC(CCl)CCl)OC(CCl)CCl. The molecule has 0 bridgehead atoms. The highest BCUT2D eigenvalue weighted by atomic mass is 35.5. The molecule has 0 amide bonds. The first-order chi connectivity index (χ1) is 8.05. The molecule has 0 unspecified atom stereocenters. The zero-order chi connectivity index (χ0) is 13.3. The third kappa shape index (κ3) is 7.10. The lowest BCUT2D eigenvalue weighted by atomic mass is 10.5. The molecule has 0 heterocycles. The van der Waals surface area contributed by atoms with Crippen molar-refractivity contribution in [3.63, 3.8) is 0 Å². The molecule has 0 radical (unpaired) electrons. The second-order valence-electron chi connectivity index (χ2n) is 2.95. The summed E-state index contributed by atoms with van der Waals surface area (Å²) >= 11 is 22.4. The van der Waals surface area contributed by atoms with Crippen LogP contribution in [-0.2, 0) is 13.6 Å². The molecule has 0 atom stereocenters. The molecule has 0 aromatic carbocycles. The van der Waals surface area contributed by atoms with Gasteiger partial charge in [-0.3, -0.25) is 13.6 Å². The fourth-order valence-electron chi connectivity index (χ4n) is 0.808. The molecular weight excluding hydrogens is 329 g/mol. The van der Waals surface area contributed by atoms with Gasteiger partial charge in [0.1, 0.15) is 0 Å². The van der Waals surface area contributed by atoms with Crippen LogP contribution in [0.4, 0.5) is 0 Å². The Morgan fingerprint density at radius 1 is 1.06 bits per heavy atom. The smallest absolute Gasteiger partial charge is 0.299 e. The van der Waals surface area contributed by atoms with Crippen molar-refractivity contribution >= 4 is 54.0 Å². The van der Waals surface area contributed by atoms with Crippen molar-refractivity contribution in [2.45, 2.75) is 12.2 Å². The molecular formula is C9H13Cl4O3P. The van der Waals surface area contributed by atoms with Gasteiger partial charge in [0.05, 0.1) is 41.5 Å². The number of alkyl halides is 4. The van der Waals surface area contributed by atoms with Gasteiger partial charge in [-0.05, 0) is 0 Å². The third-order valence-corrected chi connectivity index (χ3v) is 4.59. The summed E-state index contributed by atoms with van der Waals surface area (Å²) in [4.78, 5) is 0. The molecule has 0 aliphatic rings. The molecule has 3 nitrogen and oxygen atoms in total. The van der Waals surface area contributed by atoms with E-state index in [1.54, 1.807) is 0 Å². The Morgan fingerprint density at radius 3 is 1.65 bits per heavy atom. The molecule has 0 saturated heterocycles. The highest BCUT2D eigenvalue weighted by molar-refractivity contribution is 7.57. The van der Waals surface area contributed by atoms with Gasteiger partial charge in [-0.15, -0.1) is 52.1 Å². The Morgan fingerprint density at radius 2 is 1.41 bits per heavy atom. The van der Waals surface area contributed by atoms with Crippen LogP contribution in [0.15, 0.2) is 18.1 Å². The molecule has 0 rings (SSSR count). The van der Waals surface area contributed by atoms with E-state index in [0.29, 0.717) is 0 Å². The van der Waals surface area contributed by atoms with Crippen LogP contribution in [-0.4, -0.2) is 35.7 Å². The number of rotatable bonds is 9. The van der Waals surface area contributed by atoms with E-state index < -0.39 is 19.8 Å². The van der Waals surface area contributed by atoms with Crippen LogP contribution in [0.2, 0.25) is 0 Å². The summed E-state index contributed by atoms with van der Waals surface area (Å²) in [7, 11) is -3.53. The van der Waals surface area contributed by atoms with Crippen LogP contribution in [0.3, 0.4) is 0 Å². The van der Waals surface area contributed by atoms with E-state index in [0.717, 1.165) is 5.82 Å². The molecule has 0 N–H and O–H groups in total. The van der Waals surface area contributed by atoms with Crippen molar-refractivity contribution in [2.75, 3.05) is 23.5 Å². The third-order valence-electron chi connectivity index (χ3n) is 1.53. The minimum absolute atomic E-state index is 0.0915. The second kappa shape index (κ2) is 9.72. The van der Waals surface area contributed by atoms with E-state index >= 15 is 0 Å². The van der Waals surface area contributed by atoms with Crippen molar-refractivity contribution in [1.82, 2.24) is 0 Å². The van der Waals surface area contributed by atoms with Gasteiger partial charge in [0, 0.05) is 0 Å². The fraction of sp³-hybridized carbons (Fsp3) is 0.667. The lowest BCUT2D eigenvalue weighted by molar-refractivity contribution is 0.154. The van der Waals surface area contributed by atoms with Crippen LogP contribution in [0, 0.1) is 0 Å². The minimum Gasteiger partial charge on any atom is -0.299 e. The highest BCUT2D eigenvalue weighted by Crippen LogP contribution is 2.52. The second-order valence-corrected chi connectivity index (χ2v) is 5.94. The first-order valence-electron chi connectivity index (χ1n) is 4.62. The maximum atomic E-state index is 12.2. The van der Waals surface area contributed by atoms with Crippen molar-refractivity contribution in [3.05, 3.63) is 18.1 Å². The van der Waals surface area contributed by atoms with E-state index in [9.17, 15) is 4.57 Å². The number of hydrogen-bond acceptors (Lipinski definition) is 3. The minimum atomic E-state index is -3.53. The van der Waals surface area contributed by atoms with Gasteiger partial charge in [0.25, 0.3) is 0 Å². The normalized spacial score (nSPS) is 11.9. The Balaban J connectivity index is 4.77. The van der Waals surface area contributed by atoms with Crippen molar-refractivity contribution in [3.8, 4) is 0 Å². The molecule has 0 aromatic rings.